The summed E-state index contributed by atoms with van der Waals surface area (Å²) in [5.74, 6) is 1.60. The van der Waals surface area contributed by atoms with Crippen molar-refractivity contribution >= 4 is 40.2 Å². The number of ether oxygens (including phenoxy) is 2. The van der Waals surface area contributed by atoms with E-state index in [1.807, 2.05) is 0 Å². The predicted molar refractivity (Wildman–Crippen MR) is 133 cm³/mol. The van der Waals surface area contributed by atoms with Gasteiger partial charge < -0.3 is 9.47 Å². The number of nitrogens with zero attached hydrogens (tertiary/aromatic N) is 2. The molecule has 2 rings (SSSR count). The standard InChI is InChI=1S/C23H42N2O2.2BrH.Ni/c1-11-22(12-2)18(20(5,6)7)24-16(26-22)15-17-25-19(21(8,9)10)23(13-3,14-4)27-17;;;/h18-19H,11-15H2,1-10H3;2*1H;/q;;;+2/p-2/t18-,19-;;;/m1.../s1. The summed E-state index contributed by atoms with van der Waals surface area (Å²) in [5, 5.41) is 0. The Morgan fingerprint density at radius 2 is 1.00 bits per heavy atom. The van der Waals surface area contributed by atoms with Crippen molar-refractivity contribution in [2.75, 3.05) is 0 Å². The molecule has 2 aliphatic rings. The zero-order valence-corrected chi connectivity index (χ0v) is 24.6. The Morgan fingerprint density at radius 1 is 0.733 bits per heavy atom. The van der Waals surface area contributed by atoms with Crippen LogP contribution in [0.25, 0.3) is 0 Å². The fraction of sp³-hybridized carbons (Fsp3) is 0.913. The Bertz CT molecular complexity index is 564. The molecule has 0 unspecified atom stereocenters. The second kappa shape index (κ2) is 11.0. The zero-order chi connectivity index (χ0) is 23.4. The van der Waals surface area contributed by atoms with Gasteiger partial charge in [-0.2, -0.15) is 0 Å². The van der Waals surface area contributed by atoms with Crippen molar-refractivity contribution in [2.45, 2.75) is 125 Å². The summed E-state index contributed by atoms with van der Waals surface area (Å²) in [6, 6.07) is 0.329. The molecule has 180 valence electrons. The molecule has 0 saturated heterocycles. The van der Waals surface area contributed by atoms with Gasteiger partial charge in [0, 0.05) is 0 Å². The molecule has 4 nitrogen and oxygen atoms in total. The normalized spacial score (nSPS) is 25.1. The van der Waals surface area contributed by atoms with Crippen LogP contribution >= 0.6 is 28.5 Å². The summed E-state index contributed by atoms with van der Waals surface area (Å²) in [6.07, 6.45) is 4.42. The fourth-order valence-corrected chi connectivity index (χ4v) is 4.98. The number of hydrogen-bond acceptors (Lipinski definition) is 4. The number of rotatable bonds is 6. The van der Waals surface area contributed by atoms with Gasteiger partial charge in [0.1, 0.15) is 11.2 Å². The molecule has 2 heterocycles. The van der Waals surface area contributed by atoms with Crippen LogP contribution in [0.4, 0.5) is 0 Å². The maximum absolute atomic E-state index is 6.49. The van der Waals surface area contributed by atoms with Crippen molar-refractivity contribution in [2.24, 2.45) is 20.8 Å². The van der Waals surface area contributed by atoms with E-state index in [1.165, 1.54) is 10.9 Å². The van der Waals surface area contributed by atoms with Crippen molar-refractivity contribution in [1.29, 1.82) is 0 Å². The fourth-order valence-electron chi connectivity index (χ4n) is 4.98. The summed E-state index contributed by atoms with van der Waals surface area (Å²) in [7, 11) is 1.25. The monoisotopic (exact) mass is 594 g/mol. The van der Waals surface area contributed by atoms with Crippen molar-refractivity contribution in [1.82, 2.24) is 0 Å². The Kier molecular flexibility index (Phi) is 10.4. The van der Waals surface area contributed by atoms with E-state index in [9.17, 15) is 0 Å². The van der Waals surface area contributed by atoms with E-state index in [0.717, 1.165) is 37.5 Å². The molecular weight excluding hydrogens is 555 g/mol. The quantitative estimate of drug-likeness (QED) is 0.293. The van der Waals surface area contributed by atoms with Gasteiger partial charge in [-0.1, -0.05) is 69.2 Å². The first-order chi connectivity index (χ1) is 13.8. The maximum atomic E-state index is 6.49. The third-order valence-corrected chi connectivity index (χ3v) is 6.52. The van der Waals surface area contributed by atoms with Crippen LogP contribution in [0.1, 0.15) is 101 Å². The molecule has 2 aliphatic heterocycles. The molecule has 7 heteroatoms. The number of halogens is 2. The molecule has 0 aromatic rings. The molecule has 0 aromatic carbocycles. The first-order valence-electron chi connectivity index (χ1n) is 11.1. The van der Waals surface area contributed by atoms with E-state index < -0.39 is 0 Å². The molecule has 0 N–H and O–H groups in total. The first kappa shape index (κ1) is 28.4. The van der Waals surface area contributed by atoms with Crippen LogP contribution in [0.15, 0.2) is 9.98 Å². The van der Waals surface area contributed by atoms with Crippen molar-refractivity contribution in [3.05, 3.63) is 0 Å². The Labute approximate surface area is 205 Å². The van der Waals surface area contributed by atoms with Crippen molar-refractivity contribution < 1.29 is 20.4 Å². The Morgan fingerprint density at radius 3 is 1.17 bits per heavy atom. The molecule has 0 aliphatic carbocycles. The van der Waals surface area contributed by atoms with Crippen LogP contribution in [-0.2, 0) is 20.4 Å². The van der Waals surface area contributed by atoms with Gasteiger partial charge in [0.25, 0.3) is 0 Å². The zero-order valence-electron chi connectivity index (χ0n) is 20.5. The second-order valence-electron chi connectivity index (χ2n) is 10.6. The van der Waals surface area contributed by atoms with Crippen LogP contribution in [0.2, 0.25) is 0 Å². The van der Waals surface area contributed by atoms with E-state index in [4.69, 9.17) is 19.5 Å². The molecule has 0 fully saturated rings. The molecule has 0 saturated carbocycles. The molecule has 0 amide bonds. The van der Waals surface area contributed by atoms with E-state index in [0.29, 0.717) is 6.42 Å². The summed E-state index contributed by atoms with van der Waals surface area (Å²) < 4.78 is 13.0. The number of aliphatic imine (C=N–C) groups is 2. The summed E-state index contributed by atoms with van der Waals surface area (Å²) >= 11 is 6.00. The van der Waals surface area contributed by atoms with Crippen LogP contribution < -0.4 is 0 Å². The van der Waals surface area contributed by atoms with E-state index in [2.05, 4.69) is 97.7 Å². The van der Waals surface area contributed by atoms with Gasteiger partial charge in [-0.3, -0.25) is 0 Å². The minimum atomic E-state index is -0.206. The van der Waals surface area contributed by atoms with Crippen LogP contribution in [0.5, 0.6) is 0 Å². The van der Waals surface area contributed by atoms with Gasteiger partial charge in [-0.15, -0.1) is 0 Å². The third-order valence-electron chi connectivity index (χ3n) is 6.52. The summed E-state index contributed by atoms with van der Waals surface area (Å²) in [4.78, 5) is 10.1. The Balaban J connectivity index is 0.00000141. The van der Waals surface area contributed by atoms with Gasteiger partial charge in [0.2, 0.25) is 0 Å². The topological polar surface area (TPSA) is 43.2 Å². The molecule has 0 aromatic heterocycles. The van der Waals surface area contributed by atoms with Gasteiger partial charge in [-0.05, 0) is 36.5 Å². The average Bonchev–Trinajstić information content (AvgIpc) is 3.22. The van der Waals surface area contributed by atoms with Crippen LogP contribution in [0, 0.1) is 10.8 Å². The molecule has 0 radical (unpaired) electrons. The summed E-state index contributed by atoms with van der Waals surface area (Å²) in [5.41, 5.74) is -0.279. The van der Waals surface area contributed by atoms with Crippen LogP contribution in [0.3, 0.4) is 0 Å². The summed E-state index contributed by atoms with van der Waals surface area (Å²) in [6.45, 7) is 22.4. The van der Waals surface area contributed by atoms with Gasteiger partial charge in [0.05, 0.1) is 18.5 Å². The van der Waals surface area contributed by atoms with Crippen molar-refractivity contribution in [3.8, 4) is 0 Å². The third kappa shape index (κ3) is 6.25. The molecule has 2 atom stereocenters. The molecule has 30 heavy (non-hydrogen) atoms. The van der Waals surface area contributed by atoms with Gasteiger partial charge in [-0.25, -0.2) is 9.98 Å². The predicted octanol–water partition coefficient (Wildman–Crippen LogP) is 7.87. The van der Waals surface area contributed by atoms with E-state index >= 15 is 0 Å². The van der Waals surface area contributed by atoms with Gasteiger partial charge in [0.15, 0.2) is 11.8 Å². The average molecular weight is 597 g/mol. The molecular formula is C23H42Br2N2NiO2. The second-order valence-corrected chi connectivity index (χ2v) is 15.5. The van der Waals surface area contributed by atoms with E-state index in [-0.39, 0.29) is 34.1 Å². The van der Waals surface area contributed by atoms with Crippen LogP contribution in [-0.4, -0.2) is 35.1 Å². The van der Waals surface area contributed by atoms with Crippen molar-refractivity contribution in [3.63, 3.8) is 0 Å². The SMILES string of the molecule is CCC1(CC)OC(CC2=N[C@H](C(C)(C)C)C(CC)(CC)O2)=N[C@@H]1C(C)(C)C.[Br][Ni][Br]. The van der Waals surface area contributed by atoms with E-state index in [1.54, 1.807) is 0 Å². The molecule has 0 bridgehead atoms. The number of hydrogen-bond donors (Lipinski definition) is 0. The Hall–Kier alpha value is 0.394. The molecule has 0 spiro atoms. The van der Waals surface area contributed by atoms with Gasteiger partial charge >= 0.3 is 39.3 Å². The first-order valence-corrected chi connectivity index (χ1v) is 16.0. The minimum absolute atomic E-state index is 0.0661.